The first kappa shape index (κ1) is 12.9. The fraction of sp³-hybridized carbons (Fsp3) is 0.385. The van der Waals surface area contributed by atoms with Gasteiger partial charge in [0.25, 0.3) is 0 Å². The fourth-order valence-corrected chi connectivity index (χ4v) is 2.07. The Labute approximate surface area is 115 Å². The van der Waals surface area contributed by atoms with Crippen molar-refractivity contribution in [3.63, 3.8) is 0 Å². The van der Waals surface area contributed by atoms with Gasteiger partial charge < -0.3 is 10.6 Å². The molecule has 1 aromatic rings. The molecule has 0 saturated heterocycles. The zero-order valence-corrected chi connectivity index (χ0v) is 11.5. The Bertz CT molecular complexity index is 491. The van der Waals surface area contributed by atoms with Crippen molar-refractivity contribution in [2.75, 3.05) is 18.4 Å². The minimum atomic E-state index is 0.165. The Hall–Kier alpha value is -1.54. The molecule has 0 unspecified atom stereocenters. The number of hydrogen-bond acceptors (Lipinski definition) is 3. The van der Waals surface area contributed by atoms with Crippen molar-refractivity contribution in [1.82, 2.24) is 5.32 Å². The molecule has 0 aliphatic heterocycles. The number of nitrogens with zero attached hydrogens (tertiary/aromatic N) is 1. The highest BCUT2D eigenvalue weighted by Gasteiger charge is 2.28. The molecular weight excluding hydrogens is 294 g/mol. The van der Waals surface area contributed by atoms with Crippen LogP contribution in [-0.4, -0.2) is 19.0 Å². The first-order chi connectivity index (χ1) is 8.70. The van der Waals surface area contributed by atoms with Gasteiger partial charge in [0.2, 0.25) is 5.91 Å². The van der Waals surface area contributed by atoms with E-state index < -0.39 is 0 Å². The lowest BCUT2D eigenvalue weighted by Crippen LogP contribution is -2.29. The third kappa shape index (κ3) is 3.47. The third-order valence-corrected chi connectivity index (χ3v) is 3.45. The molecule has 1 aliphatic rings. The Balaban J connectivity index is 1.74. The Morgan fingerprint density at radius 1 is 1.44 bits per heavy atom. The summed E-state index contributed by atoms with van der Waals surface area (Å²) in [5.41, 5.74) is 1.55. The molecule has 0 spiro atoms. The van der Waals surface area contributed by atoms with E-state index in [2.05, 4.69) is 32.6 Å². The number of halogens is 1. The highest BCUT2D eigenvalue weighted by Crippen LogP contribution is 2.28. The molecule has 0 radical (unpaired) electrons. The van der Waals surface area contributed by atoms with Crippen molar-refractivity contribution in [2.45, 2.75) is 12.8 Å². The van der Waals surface area contributed by atoms with Crippen LogP contribution in [0.3, 0.4) is 0 Å². The summed E-state index contributed by atoms with van der Waals surface area (Å²) in [5, 5.41) is 14.9. The summed E-state index contributed by atoms with van der Waals surface area (Å²) in [5.74, 6) is 0.423. The van der Waals surface area contributed by atoms with Crippen molar-refractivity contribution in [3.8, 4) is 6.07 Å². The van der Waals surface area contributed by atoms with Crippen molar-refractivity contribution in [1.29, 1.82) is 5.26 Å². The highest BCUT2D eigenvalue weighted by atomic mass is 79.9. The number of hydrogen-bond donors (Lipinski definition) is 2. The summed E-state index contributed by atoms with van der Waals surface area (Å²) in [4.78, 5) is 11.4. The molecule has 2 N–H and O–H groups in total. The maximum atomic E-state index is 11.4. The van der Waals surface area contributed by atoms with E-state index in [4.69, 9.17) is 5.26 Å². The normalized spacial score (nSPS) is 13.8. The zero-order chi connectivity index (χ0) is 13.0. The van der Waals surface area contributed by atoms with E-state index in [1.54, 1.807) is 6.07 Å². The number of nitriles is 1. The lowest BCUT2D eigenvalue weighted by molar-refractivity contribution is -0.122. The monoisotopic (exact) mass is 307 g/mol. The molecule has 1 aromatic carbocycles. The molecule has 1 aliphatic carbocycles. The van der Waals surface area contributed by atoms with Crippen LogP contribution in [0.5, 0.6) is 0 Å². The molecule has 18 heavy (non-hydrogen) atoms. The molecule has 0 atom stereocenters. The lowest BCUT2D eigenvalue weighted by atomic mass is 10.2. The van der Waals surface area contributed by atoms with Crippen LogP contribution < -0.4 is 10.6 Å². The van der Waals surface area contributed by atoms with E-state index in [1.165, 1.54) is 0 Å². The van der Waals surface area contributed by atoms with Crippen LogP contribution in [0, 0.1) is 17.2 Å². The highest BCUT2D eigenvalue weighted by molar-refractivity contribution is 9.10. The third-order valence-electron chi connectivity index (χ3n) is 2.79. The molecule has 1 fully saturated rings. The summed E-state index contributed by atoms with van der Waals surface area (Å²) >= 11 is 3.33. The van der Waals surface area contributed by atoms with Gasteiger partial charge in [-0.1, -0.05) is 0 Å². The molecule has 2 rings (SSSR count). The van der Waals surface area contributed by atoms with E-state index in [1.807, 2.05) is 12.1 Å². The Morgan fingerprint density at radius 2 is 2.22 bits per heavy atom. The number of amides is 1. The van der Waals surface area contributed by atoms with Gasteiger partial charge >= 0.3 is 0 Å². The minimum absolute atomic E-state index is 0.165. The number of nitrogens with one attached hydrogen (secondary N) is 2. The van der Waals surface area contributed by atoms with Gasteiger partial charge in [-0.15, -0.1) is 0 Å². The predicted octanol–water partition coefficient (Wildman–Crippen LogP) is 2.26. The fourth-order valence-electron chi connectivity index (χ4n) is 1.60. The molecule has 0 heterocycles. The molecule has 0 aromatic heterocycles. The van der Waals surface area contributed by atoms with E-state index in [9.17, 15) is 4.79 Å². The van der Waals surface area contributed by atoms with Crippen LogP contribution in [0.2, 0.25) is 0 Å². The predicted molar refractivity (Wildman–Crippen MR) is 73.1 cm³/mol. The summed E-state index contributed by atoms with van der Waals surface area (Å²) < 4.78 is 0.775. The van der Waals surface area contributed by atoms with E-state index in [0.29, 0.717) is 18.7 Å². The molecule has 4 nitrogen and oxygen atoms in total. The number of benzene rings is 1. The van der Waals surface area contributed by atoms with E-state index in [0.717, 1.165) is 23.0 Å². The molecule has 94 valence electrons. The Morgan fingerprint density at radius 3 is 2.83 bits per heavy atom. The van der Waals surface area contributed by atoms with E-state index in [-0.39, 0.29) is 11.8 Å². The topological polar surface area (TPSA) is 64.9 Å². The molecule has 0 bridgehead atoms. The quantitative estimate of drug-likeness (QED) is 0.820. The van der Waals surface area contributed by atoms with Gasteiger partial charge in [0.05, 0.1) is 5.56 Å². The second-order valence-electron chi connectivity index (χ2n) is 4.30. The van der Waals surface area contributed by atoms with Crippen LogP contribution >= 0.6 is 15.9 Å². The first-order valence-corrected chi connectivity index (χ1v) is 6.71. The van der Waals surface area contributed by atoms with Gasteiger partial charge in [-0.3, -0.25) is 4.79 Å². The number of carbonyl (C=O) groups excluding carboxylic acids is 1. The molecule has 1 saturated carbocycles. The summed E-state index contributed by atoms with van der Waals surface area (Å²) in [6, 6.07) is 7.57. The van der Waals surface area contributed by atoms with Gasteiger partial charge in [-0.05, 0) is 47.0 Å². The standard InChI is InChI=1S/C13H14BrN3O/c14-12-7-11(4-3-10(12)8-15)16-5-6-17-13(18)9-1-2-9/h3-4,7,9,16H,1-2,5-6H2,(H,17,18). The minimum Gasteiger partial charge on any atom is -0.383 e. The SMILES string of the molecule is N#Cc1ccc(NCCNC(=O)C2CC2)cc1Br. The number of rotatable bonds is 5. The van der Waals surface area contributed by atoms with Crippen molar-refractivity contribution in [3.05, 3.63) is 28.2 Å². The van der Waals surface area contributed by atoms with Gasteiger partial charge in [-0.25, -0.2) is 0 Å². The summed E-state index contributed by atoms with van der Waals surface area (Å²) in [7, 11) is 0. The van der Waals surface area contributed by atoms with Gasteiger partial charge in [0.15, 0.2) is 0 Å². The second kappa shape index (κ2) is 5.87. The average Bonchev–Trinajstić information content (AvgIpc) is 3.19. The molecule has 1 amide bonds. The van der Waals surface area contributed by atoms with E-state index >= 15 is 0 Å². The van der Waals surface area contributed by atoms with Crippen LogP contribution in [0.25, 0.3) is 0 Å². The maximum Gasteiger partial charge on any atom is 0.223 e. The van der Waals surface area contributed by atoms with Gasteiger partial charge in [0.1, 0.15) is 6.07 Å². The van der Waals surface area contributed by atoms with Gasteiger partial charge in [0, 0.05) is 29.2 Å². The second-order valence-corrected chi connectivity index (χ2v) is 5.15. The van der Waals surface area contributed by atoms with Crippen LogP contribution in [-0.2, 0) is 4.79 Å². The number of carbonyl (C=O) groups is 1. The largest absolute Gasteiger partial charge is 0.383 e. The smallest absolute Gasteiger partial charge is 0.223 e. The van der Waals surface area contributed by atoms with Crippen LogP contribution in [0.15, 0.2) is 22.7 Å². The van der Waals surface area contributed by atoms with Crippen molar-refractivity contribution < 1.29 is 4.79 Å². The number of anilines is 1. The van der Waals surface area contributed by atoms with Crippen LogP contribution in [0.4, 0.5) is 5.69 Å². The van der Waals surface area contributed by atoms with Crippen molar-refractivity contribution in [2.24, 2.45) is 5.92 Å². The summed E-state index contributed by atoms with van der Waals surface area (Å²) in [6.07, 6.45) is 2.06. The van der Waals surface area contributed by atoms with Crippen molar-refractivity contribution >= 4 is 27.5 Å². The average molecular weight is 308 g/mol. The molecule has 5 heteroatoms. The Kier molecular flexibility index (Phi) is 4.21. The van der Waals surface area contributed by atoms with Gasteiger partial charge in [-0.2, -0.15) is 5.26 Å². The van der Waals surface area contributed by atoms with Crippen LogP contribution in [0.1, 0.15) is 18.4 Å². The summed E-state index contributed by atoms with van der Waals surface area (Å²) in [6.45, 7) is 1.30. The zero-order valence-electron chi connectivity index (χ0n) is 9.87. The lowest BCUT2D eigenvalue weighted by Gasteiger charge is -2.08. The first-order valence-electron chi connectivity index (χ1n) is 5.92. The maximum absolute atomic E-state index is 11.4. The molecular formula is C13H14BrN3O.